The Morgan fingerprint density at radius 2 is 1.63 bits per heavy atom. The number of nitrogens with one attached hydrogen (secondary N) is 3. The van der Waals surface area contributed by atoms with Crippen molar-refractivity contribution in [1.29, 1.82) is 0 Å². The average molecular weight is 286 g/mol. The third-order valence-electron chi connectivity index (χ3n) is 2.53. The first kappa shape index (κ1) is 17.4. The fourth-order valence-corrected chi connectivity index (χ4v) is 1.60. The molecule has 0 aliphatic rings. The van der Waals surface area contributed by atoms with Crippen molar-refractivity contribution >= 4 is 29.9 Å². The Labute approximate surface area is 119 Å². The van der Waals surface area contributed by atoms with Crippen molar-refractivity contribution in [2.24, 2.45) is 0 Å². The molecule has 0 bridgehead atoms. The van der Waals surface area contributed by atoms with E-state index in [1.807, 2.05) is 32.0 Å². The maximum absolute atomic E-state index is 11.7. The fourth-order valence-electron chi connectivity index (χ4n) is 1.60. The Bertz CT molecular complexity index is 429. The van der Waals surface area contributed by atoms with Crippen LogP contribution in [0, 0.1) is 13.8 Å². The minimum absolute atomic E-state index is 0. The van der Waals surface area contributed by atoms with E-state index in [9.17, 15) is 9.59 Å². The maximum atomic E-state index is 11.7. The Balaban J connectivity index is 0.00000324. The number of hydrogen-bond donors (Lipinski definition) is 3. The number of carbonyl (C=O) groups excluding carboxylic acids is 2. The predicted molar refractivity (Wildman–Crippen MR) is 78.7 cm³/mol. The first-order chi connectivity index (χ1) is 8.54. The minimum atomic E-state index is -0.225. The number of benzene rings is 1. The Morgan fingerprint density at radius 3 is 2.16 bits per heavy atom. The topological polar surface area (TPSA) is 70.2 Å². The lowest BCUT2D eigenvalue weighted by Gasteiger charge is -2.11. The zero-order valence-electron chi connectivity index (χ0n) is 11.4. The molecule has 5 nitrogen and oxygen atoms in total. The van der Waals surface area contributed by atoms with Crippen molar-refractivity contribution in [2.45, 2.75) is 13.8 Å². The van der Waals surface area contributed by atoms with Crippen molar-refractivity contribution in [3.63, 3.8) is 0 Å². The van der Waals surface area contributed by atoms with Crippen LogP contribution in [0.2, 0.25) is 0 Å². The van der Waals surface area contributed by atoms with E-state index in [2.05, 4.69) is 16.0 Å². The van der Waals surface area contributed by atoms with Crippen LogP contribution >= 0.6 is 12.4 Å². The quantitative estimate of drug-likeness (QED) is 0.756. The molecule has 106 valence electrons. The largest absolute Gasteiger partial charge is 0.346 e. The van der Waals surface area contributed by atoms with E-state index in [1.165, 1.54) is 0 Å². The van der Waals surface area contributed by atoms with Gasteiger partial charge in [-0.15, -0.1) is 12.4 Å². The number of aryl methyl sites for hydroxylation is 2. The van der Waals surface area contributed by atoms with Gasteiger partial charge in [-0.3, -0.25) is 9.59 Å². The summed E-state index contributed by atoms with van der Waals surface area (Å²) < 4.78 is 0. The molecule has 0 aliphatic heterocycles. The summed E-state index contributed by atoms with van der Waals surface area (Å²) in [5, 5.41) is 8.05. The summed E-state index contributed by atoms with van der Waals surface area (Å²) in [5.74, 6) is -0.425. The van der Waals surface area contributed by atoms with E-state index in [1.54, 1.807) is 7.05 Å². The van der Waals surface area contributed by atoms with Crippen LogP contribution in [-0.2, 0) is 9.59 Å². The van der Waals surface area contributed by atoms with Gasteiger partial charge in [0.2, 0.25) is 11.8 Å². The molecule has 19 heavy (non-hydrogen) atoms. The number of carbonyl (C=O) groups is 2. The van der Waals surface area contributed by atoms with Crippen LogP contribution in [0.1, 0.15) is 11.1 Å². The van der Waals surface area contributed by atoms with Crippen molar-refractivity contribution in [1.82, 2.24) is 10.6 Å². The van der Waals surface area contributed by atoms with Crippen LogP contribution in [0.15, 0.2) is 18.2 Å². The summed E-state index contributed by atoms with van der Waals surface area (Å²) in [7, 11) is 1.68. The summed E-state index contributed by atoms with van der Waals surface area (Å²) in [4.78, 5) is 22.9. The summed E-state index contributed by atoms with van der Waals surface area (Å²) in [5.41, 5.74) is 2.82. The van der Waals surface area contributed by atoms with Gasteiger partial charge in [-0.1, -0.05) is 18.2 Å². The van der Waals surface area contributed by atoms with Gasteiger partial charge in [0.1, 0.15) is 0 Å². The number of halogens is 1. The molecule has 6 heteroatoms. The van der Waals surface area contributed by atoms with E-state index in [4.69, 9.17) is 0 Å². The SMILES string of the molecule is CNCC(=O)NCC(=O)Nc1c(C)cccc1C.Cl. The van der Waals surface area contributed by atoms with Gasteiger partial charge in [-0.2, -0.15) is 0 Å². The van der Waals surface area contributed by atoms with E-state index in [-0.39, 0.29) is 37.3 Å². The summed E-state index contributed by atoms with van der Waals surface area (Å²) in [6.45, 7) is 4.05. The van der Waals surface area contributed by atoms with Crippen molar-refractivity contribution < 1.29 is 9.59 Å². The highest BCUT2D eigenvalue weighted by Gasteiger charge is 2.08. The van der Waals surface area contributed by atoms with Crippen LogP contribution in [0.4, 0.5) is 5.69 Å². The second-order valence-corrected chi connectivity index (χ2v) is 4.12. The standard InChI is InChI=1S/C13H19N3O2.ClH/c1-9-5-4-6-10(2)13(9)16-12(18)8-15-11(17)7-14-3;/h4-6,14H,7-8H2,1-3H3,(H,15,17)(H,16,18);1H. The van der Waals surface area contributed by atoms with Crippen molar-refractivity contribution in [2.75, 3.05) is 25.5 Å². The predicted octanol–water partition coefficient (Wildman–Crippen LogP) is 0.999. The lowest BCUT2D eigenvalue weighted by Crippen LogP contribution is -2.37. The molecular weight excluding hydrogens is 266 g/mol. The summed E-state index contributed by atoms with van der Waals surface area (Å²) in [6.07, 6.45) is 0. The minimum Gasteiger partial charge on any atom is -0.346 e. The van der Waals surface area contributed by atoms with E-state index in [0.29, 0.717) is 0 Å². The smallest absolute Gasteiger partial charge is 0.243 e. The molecule has 0 saturated heterocycles. The molecule has 0 fully saturated rings. The average Bonchev–Trinajstić information content (AvgIpc) is 2.32. The molecule has 1 aromatic rings. The number of para-hydroxylation sites is 1. The Kier molecular flexibility index (Phi) is 7.79. The monoisotopic (exact) mass is 285 g/mol. The molecule has 0 saturated carbocycles. The van der Waals surface area contributed by atoms with E-state index >= 15 is 0 Å². The van der Waals surface area contributed by atoms with Gasteiger partial charge in [0.15, 0.2) is 0 Å². The first-order valence-corrected chi connectivity index (χ1v) is 5.82. The third kappa shape index (κ3) is 5.72. The zero-order valence-corrected chi connectivity index (χ0v) is 12.2. The van der Waals surface area contributed by atoms with Crippen LogP contribution < -0.4 is 16.0 Å². The normalized spacial score (nSPS) is 9.42. The number of hydrogen-bond acceptors (Lipinski definition) is 3. The molecule has 0 spiro atoms. The number of likely N-dealkylation sites (N-methyl/N-ethyl adjacent to an activating group) is 1. The molecule has 1 aromatic carbocycles. The molecule has 2 amide bonds. The lowest BCUT2D eigenvalue weighted by atomic mass is 10.1. The van der Waals surface area contributed by atoms with Gasteiger partial charge < -0.3 is 16.0 Å². The molecule has 0 atom stereocenters. The molecule has 3 N–H and O–H groups in total. The third-order valence-corrected chi connectivity index (χ3v) is 2.53. The van der Waals surface area contributed by atoms with Crippen molar-refractivity contribution in [3.05, 3.63) is 29.3 Å². The number of rotatable bonds is 5. The van der Waals surface area contributed by atoms with Gasteiger partial charge in [0, 0.05) is 5.69 Å². The van der Waals surface area contributed by atoms with Crippen LogP contribution in [0.5, 0.6) is 0 Å². The first-order valence-electron chi connectivity index (χ1n) is 5.82. The van der Waals surface area contributed by atoms with Crippen molar-refractivity contribution in [3.8, 4) is 0 Å². The number of anilines is 1. The molecule has 0 aliphatic carbocycles. The Hall–Kier alpha value is -1.59. The fraction of sp³-hybridized carbons (Fsp3) is 0.385. The zero-order chi connectivity index (χ0) is 13.5. The van der Waals surface area contributed by atoms with Crippen LogP contribution in [-0.4, -0.2) is 32.0 Å². The van der Waals surface area contributed by atoms with Gasteiger partial charge >= 0.3 is 0 Å². The second kappa shape index (κ2) is 8.50. The van der Waals surface area contributed by atoms with Gasteiger partial charge in [-0.25, -0.2) is 0 Å². The van der Waals surface area contributed by atoms with Gasteiger partial charge in [0.05, 0.1) is 13.1 Å². The molecular formula is C13H20ClN3O2. The Morgan fingerprint density at radius 1 is 1.05 bits per heavy atom. The highest BCUT2D eigenvalue weighted by atomic mass is 35.5. The lowest BCUT2D eigenvalue weighted by molar-refractivity contribution is -0.123. The summed E-state index contributed by atoms with van der Waals surface area (Å²) in [6, 6.07) is 5.80. The van der Waals surface area contributed by atoms with E-state index in [0.717, 1.165) is 16.8 Å². The molecule has 0 unspecified atom stereocenters. The number of amides is 2. The highest BCUT2D eigenvalue weighted by Crippen LogP contribution is 2.18. The second-order valence-electron chi connectivity index (χ2n) is 4.12. The van der Waals surface area contributed by atoms with Crippen LogP contribution in [0.25, 0.3) is 0 Å². The maximum Gasteiger partial charge on any atom is 0.243 e. The molecule has 0 aromatic heterocycles. The highest BCUT2D eigenvalue weighted by molar-refractivity contribution is 5.95. The van der Waals surface area contributed by atoms with Gasteiger partial charge in [0.25, 0.3) is 0 Å². The summed E-state index contributed by atoms with van der Waals surface area (Å²) >= 11 is 0. The van der Waals surface area contributed by atoms with Crippen LogP contribution in [0.3, 0.4) is 0 Å². The van der Waals surface area contributed by atoms with E-state index < -0.39 is 0 Å². The molecule has 0 radical (unpaired) electrons. The molecule has 0 heterocycles. The van der Waals surface area contributed by atoms with Gasteiger partial charge in [-0.05, 0) is 32.0 Å². The molecule has 1 rings (SSSR count).